The Kier molecular flexibility index (Phi) is 3.29. The van der Waals surface area contributed by atoms with E-state index in [-0.39, 0.29) is 0 Å². The summed E-state index contributed by atoms with van der Waals surface area (Å²) < 4.78 is 0. The van der Waals surface area contributed by atoms with E-state index in [9.17, 15) is 0 Å². The Balaban J connectivity index is 3.37. The summed E-state index contributed by atoms with van der Waals surface area (Å²) in [7, 11) is 0. The third-order valence-corrected chi connectivity index (χ3v) is 0.749. The molecule has 0 spiro atoms. The van der Waals surface area contributed by atoms with Crippen molar-refractivity contribution in [3.63, 3.8) is 0 Å². The Morgan fingerprint density at radius 1 is 1.71 bits per heavy atom. The average molecular weight is 97.2 g/mol. The van der Waals surface area contributed by atoms with E-state index in [4.69, 9.17) is 5.41 Å². The van der Waals surface area contributed by atoms with Crippen molar-refractivity contribution in [3.8, 4) is 0 Å². The second-order valence-electron chi connectivity index (χ2n) is 1.38. The van der Waals surface area contributed by atoms with Gasteiger partial charge >= 0.3 is 0 Å². The van der Waals surface area contributed by atoms with Gasteiger partial charge in [-0.15, -0.1) is 0 Å². The maximum absolute atomic E-state index is 7.05. The van der Waals surface area contributed by atoms with E-state index in [1.165, 1.54) is 0 Å². The molecule has 1 N–H and O–H groups in total. The van der Waals surface area contributed by atoms with Crippen LogP contribution in [0.2, 0.25) is 0 Å². The Bertz CT molecular complexity index is 82.2. The molecule has 0 aromatic carbocycles. The average Bonchev–Trinajstić information content (AvgIpc) is 1.68. The van der Waals surface area contributed by atoms with Gasteiger partial charge in [-0.3, -0.25) is 0 Å². The van der Waals surface area contributed by atoms with Crippen LogP contribution >= 0.6 is 0 Å². The first kappa shape index (κ1) is 6.41. The summed E-state index contributed by atoms with van der Waals surface area (Å²) in [6.45, 7) is 3.90. The molecular formula is C6H11N. The zero-order valence-corrected chi connectivity index (χ0v) is 4.86. The molecule has 0 aliphatic heterocycles. The summed E-state index contributed by atoms with van der Waals surface area (Å²) in [5, 5.41) is 7.05. The van der Waals surface area contributed by atoms with E-state index in [0.29, 0.717) is 5.71 Å². The monoisotopic (exact) mass is 97.1 g/mol. The first-order chi connectivity index (χ1) is 3.31. The van der Waals surface area contributed by atoms with Crippen LogP contribution in [0.25, 0.3) is 0 Å². The lowest BCUT2D eigenvalue weighted by Crippen LogP contribution is -1.83. The van der Waals surface area contributed by atoms with Gasteiger partial charge in [0.1, 0.15) is 0 Å². The molecule has 0 atom stereocenters. The lowest BCUT2D eigenvalue weighted by molar-refractivity contribution is 1.26. The van der Waals surface area contributed by atoms with Gasteiger partial charge in [0.25, 0.3) is 0 Å². The van der Waals surface area contributed by atoms with Crippen molar-refractivity contribution in [1.29, 1.82) is 5.41 Å². The Morgan fingerprint density at radius 3 is 2.43 bits per heavy atom. The zero-order chi connectivity index (χ0) is 5.70. The van der Waals surface area contributed by atoms with Gasteiger partial charge < -0.3 is 5.41 Å². The predicted octanol–water partition coefficient (Wildman–Crippen LogP) is 1.99. The zero-order valence-electron chi connectivity index (χ0n) is 4.86. The Labute approximate surface area is 44.6 Å². The highest BCUT2D eigenvalue weighted by Crippen LogP contribution is 1.81. The molecule has 0 aliphatic rings. The van der Waals surface area contributed by atoms with Crippen LogP contribution < -0.4 is 0 Å². The summed E-state index contributed by atoms with van der Waals surface area (Å²) in [6, 6.07) is 0. The van der Waals surface area contributed by atoms with E-state index < -0.39 is 0 Å². The summed E-state index contributed by atoms with van der Waals surface area (Å²) in [4.78, 5) is 0. The second kappa shape index (κ2) is 3.59. The van der Waals surface area contributed by atoms with Gasteiger partial charge in [0.05, 0.1) is 0 Å². The van der Waals surface area contributed by atoms with Crippen LogP contribution in [0.3, 0.4) is 0 Å². The van der Waals surface area contributed by atoms with Crippen LogP contribution in [0.15, 0.2) is 12.2 Å². The molecule has 1 nitrogen and oxygen atoms in total. The highest BCUT2D eigenvalue weighted by atomic mass is 14.4. The lowest BCUT2D eigenvalue weighted by Gasteiger charge is -1.83. The van der Waals surface area contributed by atoms with Crippen molar-refractivity contribution in [1.82, 2.24) is 0 Å². The van der Waals surface area contributed by atoms with Crippen molar-refractivity contribution in [2.45, 2.75) is 20.3 Å². The van der Waals surface area contributed by atoms with Crippen LogP contribution in [0.4, 0.5) is 0 Å². The first-order valence-corrected chi connectivity index (χ1v) is 2.51. The van der Waals surface area contributed by atoms with E-state index >= 15 is 0 Å². The second-order valence-corrected chi connectivity index (χ2v) is 1.38. The molecule has 1 heteroatoms. The van der Waals surface area contributed by atoms with E-state index in [0.717, 1.165) is 6.42 Å². The Morgan fingerprint density at radius 2 is 2.29 bits per heavy atom. The molecule has 40 valence electrons. The standard InChI is InChI=1S/C6H11N/c1-3-5-6(7)4-2/h3,5,7H,4H2,1-2H3. The summed E-state index contributed by atoms with van der Waals surface area (Å²) in [6.07, 6.45) is 4.52. The SMILES string of the molecule is CC=CC(=N)CC. The van der Waals surface area contributed by atoms with Gasteiger partial charge in [-0.2, -0.15) is 0 Å². The van der Waals surface area contributed by atoms with Crippen molar-refractivity contribution >= 4 is 5.71 Å². The summed E-state index contributed by atoms with van der Waals surface area (Å²) >= 11 is 0. The molecule has 0 unspecified atom stereocenters. The van der Waals surface area contributed by atoms with Crippen molar-refractivity contribution in [2.24, 2.45) is 0 Å². The number of allylic oxidation sites excluding steroid dienone is 2. The number of rotatable bonds is 2. The highest BCUT2D eigenvalue weighted by Gasteiger charge is 1.78. The number of hydrogen-bond acceptors (Lipinski definition) is 1. The van der Waals surface area contributed by atoms with Gasteiger partial charge in [0.2, 0.25) is 0 Å². The van der Waals surface area contributed by atoms with Crippen molar-refractivity contribution < 1.29 is 0 Å². The quantitative estimate of drug-likeness (QED) is 0.509. The minimum Gasteiger partial charge on any atom is -0.305 e. The predicted molar refractivity (Wildman–Crippen MR) is 32.8 cm³/mol. The number of hydrogen-bond donors (Lipinski definition) is 1. The molecule has 0 radical (unpaired) electrons. The third-order valence-electron chi connectivity index (χ3n) is 0.749. The van der Waals surface area contributed by atoms with E-state index in [2.05, 4.69) is 0 Å². The van der Waals surface area contributed by atoms with Gasteiger partial charge in [0, 0.05) is 5.71 Å². The fourth-order valence-corrected chi connectivity index (χ4v) is 0.319. The molecule has 0 aliphatic carbocycles. The minimum absolute atomic E-state index is 0.697. The molecule has 0 aromatic rings. The maximum atomic E-state index is 7.05. The fraction of sp³-hybridized carbons (Fsp3) is 0.500. The molecule has 0 aromatic heterocycles. The third kappa shape index (κ3) is 3.23. The van der Waals surface area contributed by atoms with Gasteiger partial charge in [0.15, 0.2) is 0 Å². The normalized spacial score (nSPS) is 10.0. The summed E-state index contributed by atoms with van der Waals surface area (Å²) in [5.41, 5.74) is 0.697. The van der Waals surface area contributed by atoms with Crippen LogP contribution in [0.5, 0.6) is 0 Å². The Hall–Kier alpha value is -0.590. The largest absolute Gasteiger partial charge is 0.305 e. The first-order valence-electron chi connectivity index (χ1n) is 2.51. The topological polar surface area (TPSA) is 23.9 Å². The van der Waals surface area contributed by atoms with E-state index in [1.54, 1.807) is 6.08 Å². The van der Waals surface area contributed by atoms with E-state index in [1.807, 2.05) is 19.9 Å². The molecule has 0 saturated heterocycles. The van der Waals surface area contributed by atoms with Crippen LogP contribution in [0.1, 0.15) is 20.3 Å². The maximum Gasteiger partial charge on any atom is 0.0307 e. The van der Waals surface area contributed by atoms with Crippen LogP contribution in [0, 0.1) is 5.41 Å². The molecular weight excluding hydrogens is 86.1 g/mol. The van der Waals surface area contributed by atoms with Crippen molar-refractivity contribution in [2.75, 3.05) is 0 Å². The van der Waals surface area contributed by atoms with Crippen LogP contribution in [-0.4, -0.2) is 5.71 Å². The van der Waals surface area contributed by atoms with Crippen LogP contribution in [-0.2, 0) is 0 Å². The van der Waals surface area contributed by atoms with Gasteiger partial charge in [-0.05, 0) is 19.4 Å². The molecule has 0 fully saturated rings. The lowest BCUT2D eigenvalue weighted by atomic mass is 10.3. The summed E-state index contributed by atoms with van der Waals surface area (Å²) in [5.74, 6) is 0. The van der Waals surface area contributed by atoms with Crippen molar-refractivity contribution in [3.05, 3.63) is 12.2 Å². The number of nitrogens with one attached hydrogen (secondary N) is 1. The molecule has 0 rings (SSSR count). The molecule has 0 heterocycles. The highest BCUT2D eigenvalue weighted by molar-refractivity contribution is 5.91. The fourth-order valence-electron chi connectivity index (χ4n) is 0.319. The molecule has 0 bridgehead atoms. The molecule has 7 heavy (non-hydrogen) atoms. The van der Waals surface area contributed by atoms with Gasteiger partial charge in [-0.25, -0.2) is 0 Å². The molecule has 0 saturated carbocycles. The smallest absolute Gasteiger partial charge is 0.0307 e. The minimum atomic E-state index is 0.697. The molecule has 0 amide bonds. The van der Waals surface area contributed by atoms with Gasteiger partial charge in [-0.1, -0.05) is 13.0 Å².